The molecule has 0 saturated carbocycles. The van der Waals surface area contributed by atoms with Crippen LogP contribution >= 0.6 is 11.6 Å². The highest BCUT2D eigenvalue weighted by molar-refractivity contribution is 6.32. The zero-order valence-electron chi connectivity index (χ0n) is 11.8. The fourth-order valence-electron chi connectivity index (χ4n) is 2.71. The third-order valence-corrected chi connectivity index (χ3v) is 4.49. The second-order valence-corrected chi connectivity index (χ2v) is 5.76. The molecule has 108 valence electrons. The average molecular weight is 301 g/mol. The zero-order chi connectivity index (χ0) is 15.0. The number of nitrogens with one attached hydrogen (secondary N) is 1. The number of fused-ring (bicyclic) bond motifs is 1. The number of nitrogens with two attached hydrogens (primary N) is 1. The van der Waals surface area contributed by atoms with Gasteiger partial charge in [-0.3, -0.25) is 4.79 Å². The maximum absolute atomic E-state index is 11.9. The van der Waals surface area contributed by atoms with Crippen molar-refractivity contribution in [3.63, 3.8) is 0 Å². The van der Waals surface area contributed by atoms with Gasteiger partial charge in [-0.05, 0) is 41.7 Å². The molecule has 2 aromatic carbocycles. The molecule has 3 nitrogen and oxygen atoms in total. The summed E-state index contributed by atoms with van der Waals surface area (Å²) in [5, 5.41) is 3.55. The van der Waals surface area contributed by atoms with E-state index in [2.05, 4.69) is 5.32 Å². The summed E-state index contributed by atoms with van der Waals surface area (Å²) >= 11 is 6.35. The number of hydrogen-bond donors (Lipinski definition) is 2. The van der Waals surface area contributed by atoms with E-state index in [-0.39, 0.29) is 11.9 Å². The number of amides is 1. The molecule has 21 heavy (non-hydrogen) atoms. The summed E-state index contributed by atoms with van der Waals surface area (Å²) in [4.78, 5) is 11.9. The van der Waals surface area contributed by atoms with Gasteiger partial charge in [0.25, 0.3) is 5.91 Å². The second kappa shape index (κ2) is 5.51. The molecule has 0 aliphatic carbocycles. The Hall–Kier alpha value is -1.84. The summed E-state index contributed by atoms with van der Waals surface area (Å²) in [6.45, 7) is 2.65. The van der Waals surface area contributed by atoms with E-state index in [0.717, 1.165) is 34.2 Å². The third-order valence-electron chi connectivity index (χ3n) is 3.97. The summed E-state index contributed by atoms with van der Waals surface area (Å²) in [7, 11) is 0. The third kappa shape index (κ3) is 2.55. The lowest BCUT2D eigenvalue weighted by Crippen LogP contribution is -2.32. The van der Waals surface area contributed by atoms with Crippen molar-refractivity contribution in [3.8, 4) is 0 Å². The molecule has 2 aromatic rings. The van der Waals surface area contributed by atoms with Crippen molar-refractivity contribution in [1.29, 1.82) is 0 Å². The van der Waals surface area contributed by atoms with Gasteiger partial charge < -0.3 is 11.1 Å². The van der Waals surface area contributed by atoms with Gasteiger partial charge in [-0.2, -0.15) is 0 Å². The van der Waals surface area contributed by atoms with E-state index in [4.69, 9.17) is 17.3 Å². The van der Waals surface area contributed by atoms with Gasteiger partial charge in [0.1, 0.15) is 0 Å². The quantitative estimate of drug-likeness (QED) is 0.896. The standard InChI is InChI=1S/C17H17ClN2O/c1-10-3-2-4-13(15(10)18)16(19)12-6-5-11-7-8-20-17(21)14(11)9-12/h2-6,9,16H,7-8,19H2,1H3,(H,20,21). The number of rotatable bonds is 2. The van der Waals surface area contributed by atoms with Crippen LogP contribution in [0.15, 0.2) is 36.4 Å². The van der Waals surface area contributed by atoms with Crippen molar-refractivity contribution < 1.29 is 4.79 Å². The van der Waals surface area contributed by atoms with E-state index >= 15 is 0 Å². The molecule has 0 aromatic heterocycles. The van der Waals surface area contributed by atoms with Crippen LogP contribution in [-0.2, 0) is 6.42 Å². The number of benzene rings is 2. The van der Waals surface area contributed by atoms with Gasteiger partial charge in [0.05, 0.1) is 6.04 Å². The molecule has 1 aliphatic heterocycles. The van der Waals surface area contributed by atoms with Crippen molar-refractivity contribution in [2.75, 3.05) is 6.54 Å². The normalized spacial score (nSPS) is 15.3. The Morgan fingerprint density at radius 1 is 1.29 bits per heavy atom. The van der Waals surface area contributed by atoms with Gasteiger partial charge in [-0.15, -0.1) is 0 Å². The molecule has 1 heterocycles. The van der Waals surface area contributed by atoms with E-state index < -0.39 is 0 Å². The average Bonchev–Trinajstić information content (AvgIpc) is 2.49. The number of carbonyl (C=O) groups excluding carboxylic acids is 1. The maximum Gasteiger partial charge on any atom is 0.251 e. The van der Waals surface area contributed by atoms with Gasteiger partial charge in [-0.25, -0.2) is 0 Å². The fraction of sp³-hybridized carbons (Fsp3) is 0.235. The lowest BCUT2D eigenvalue weighted by molar-refractivity contribution is 0.0946. The minimum absolute atomic E-state index is 0.0272. The number of aryl methyl sites for hydroxylation is 1. The maximum atomic E-state index is 11.9. The van der Waals surface area contributed by atoms with Crippen molar-refractivity contribution in [2.24, 2.45) is 5.73 Å². The number of hydrogen-bond acceptors (Lipinski definition) is 2. The predicted octanol–water partition coefficient (Wildman–Crippen LogP) is 2.98. The van der Waals surface area contributed by atoms with Gasteiger partial charge in [0.15, 0.2) is 0 Å². The van der Waals surface area contributed by atoms with E-state index in [9.17, 15) is 4.79 Å². The Morgan fingerprint density at radius 2 is 2.10 bits per heavy atom. The molecule has 1 atom stereocenters. The highest BCUT2D eigenvalue weighted by atomic mass is 35.5. The molecule has 1 amide bonds. The molecule has 0 saturated heterocycles. The molecule has 3 N–H and O–H groups in total. The Bertz CT molecular complexity index is 712. The first-order valence-corrected chi connectivity index (χ1v) is 7.37. The van der Waals surface area contributed by atoms with E-state index in [1.807, 2.05) is 43.3 Å². The topological polar surface area (TPSA) is 55.1 Å². The van der Waals surface area contributed by atoms with Crippen LogP contribution in [0.5, 0.6) is 0 Å². The van der Waals surface area contributed by atoms with E-state index in [1.54, 1.807) is 0 Å². The van der Waals surface area contributed by atoms with Gasteiger partial charge >= 0.3 is 0 Å². The van der Waals surface area contributed by atoms with E-state index in [0.29, 0.717) is 11.6 Å². The monoisotopic (exact) mass is 300 g/mol. The second-order valence-electron chi connectivity index (χ2n) is 5.38. The molecule has 1 unspecified atom stereocenters. The molecule has 0 bridgehead atoms. The van der Waals surface area contributed by atoms with Gasteiger partial charge in [-0.1, -0.05) is 41.9 Å². The van der Waals surface area contributed by atoms with Crippen LogP contribution in [0.4, 0.5) is 0 Å². The molecule has 0 spiro atoms. The van der Waals surface area contributed by atoms with Crippen LogP contribution < -0.4 is 11.1 Å². The number of carbonyl (C=O) groups is 1. The highest BCUT2D eigenvalue weighted by Gasteiger charge is 2.20. The lowest BCUT2D eigenvalue weighted by atomic mass is 9.92. The molecule has 1 aliphatic rings. The zero-order valence-corrected chi connectivity index (χ0v) is 12.6. The first-order chi connectivity index (χ1) is 10.1. The van der Waals surface area contributed by atoms with Crippen LogP contribution in [0.1, 0.15) is 38.7 Å². The summed E-state index contributed by atoms with van der Waals surface area (Å²) in [6, 6.07) is 11.4. The number of halogens is 1. The molecule has 3 rings (SSSR count). The summed E-state index contributed by atoms with van der Waals surface area (Å²) in [6.07, 6.45) is 0.863. The van der Waals surface area contributed by atoms with Crippen LogP contribution in [0.25, 0.3) is 0 Å². The van der Waals surface area contributed by atoms with Crippen LogP contribution in [-0.4, -0.2) is 12.5 Å². The van der Waals surface area contributed by atoms with Gasteiger partial charge in [0.2, 0.25) is 0 Å². The summed E-state index contributed by atoms with van der Waals surface area (Å²) in [5.74, 6) is -0.0272. The highest BCUT2D eigenvalue weighted by Crippen LogP contribution is 2.30. The largest absolute Gasteiger partial charge is 0.352 e. The Labute approximate surface area is 129 Å². The van der Waals surface area contributed by atoms with Crippen molar-refractivity contribution in [2.45, 2.75) is 19.4 Å². The summed E-state index contributed by atoms with van der Waals surface area (Å²) < 4.78 is 0. The Kier molecular flexibility index (Phi) is 3.70. The van der Waals surface area contributed by atoms with Crippen molar-refractivity contribution in [3.05, 3.63) is 69.2 Å². The van der Waals surface area contributed by atoms with E-state index in [1.165, 1.54) is 0 Å². The minimum atomic E-state index is -0.336. The molecular weight excluding hydrogens is 284 g/mol. The minimum Gasteiger partial charge on any atom is -0.352 e. The first kappa shape index (κ1) is 14.1. The lowest BCUT2D eigenvalue weighted by Gasteiger charge is -2.20. The predicted molar refractivity (Wildman–Crippen MR) is 84.7 cm³/mol. The summed E-state index contributed by atoms with van der Waals surface area (Å²) in [5.41, 5.74) is 10.9. The van der Waals surface area contributed by atoms with Crippen molar-refractivity contribution in [1.82, 2.24) is 5.32 Å². The fourth-order valence-corrected chi connectivity index (χ4v) is 2.96. The van der Waals surface area contributed by atoms with Crippen LogP contribution in [0, 0.1) is 6.92 Å². The van der Waals surface area contributed by atoms with Gasteiger partial charge in [0, 0.05) is 17.1 Å². The van der Waals surface area contributed by atoms with Crippen LogP contribution in [0.3, 0.4) is 0 Å². The Morgan fingerprint density at radius 3 is 2.90 bits per heavy atom. The van der Waals surface area contributed by atoms with Crippen LogP contribution in [0.2, 0.25) is 5.02 Å². The molecular formula is C17H17ClN2O. The SMILES string of the molecule is Cc1cccc(C(N)c2ccc3c(c2)C(=O)NCC3)c1Cl. The molecule has 0 fully saturated rings. The smallest absolute Gasteiger partial charge is 0.251 e. The van der Waals surface area contributed by atoms with Crippen molar-refractivity contribution >= 4 is 17.5 Å². The molecule has 4 heteroatoms. The first-order valence-electron chi connectivity index (χ1n) is 6.99. The Balaban J connectivity index is 2.02. The molecule has 0 radical (unpaired) electrons.